The van der Waals surface area contributed by atoms with Crippen LogP contribution in [0.2, 0.25) is 0 Å². The van der Waals surface area contributed by atoms with E-state index in [1.165, 1.54) is 0 Å². The molecule has 0 saturated heterocycles. The Morgan fingerprint density at radius 2 is 2.00 bits per heavy atom. The highest BCUT2D eigenvalue weighted by molar-refractivity contribution is 7.90. The van der Waals surface area contributed by atoms with Gasteiger partial charge in [-0.25, -0.2) is 22.0 Å². The molecule has 2 aromatic rings. The number of rotatable bonds is 4. The molecule has 0 spiro atoms. The van der Waals surface area contributed by atoms with Crippen molar-refractivity contribution in [3.8, 4) is 17.1 Å². The molecule has 1 aromatic carbocycles. The predicted molar refractivity (Wildman–Crippen MR) is 68.5 cm³/mol. The molecule has 0 amide bonds. The molecule has 0 atom stereocenters. The summed E-state index contributed by atoms with van der Waals surface area (Å²) in [7, 11) is -3.13. The van der Waals surface area contributed by atoms with Gasteiger partial charge in [0.15, 0.2) is 32.9 Å². The Morgan fingerprint density at radius 3 is 2.45 bits per heavy atom. The third kappa shape index (κ3) is 2.64. The van der Waals surface area contributed by atoms with Crippen LogP contribution in [-0.4, -0.2) is 38.0 Å². The second-order valence-electron chi connectivity index (χ2n) is 4.24. The van der Waals surface area contributed by atoms with Crippen molar-refractivity contribution in [2.75, 3.05) is 13.4 Å². The fraction of sp³-hybridized carbons (Fsp3) is 0.167. The van der Waals surface area contributed by atoms with Gasteiger partial charge in [0.2, 0.25) is 0 Å². The molecule has 22 heavy (non-hydrogen) atoms. The SMILES string of the molecule is COc1c(-c2cc(C(=O)O)no2)cc(F)c(S(C)(=O)=O)c1F. The van der Waals surface area contributed by atoms with Crippen molar-refractivity contribution >= 4 is 15.8 Å². The van der Waals surface area contributed by atoms with Crippen LogP contribution < -0.4 is 4.74 Å². The number of sulfone groups is 1. The molecule has 1 aromatic heterocycles. The van der Waals surface area contributed by atoms with Crippen molar-refractivity contribution in [2.45, 2.75) is 4.90 Å². The number of hydrogen-bond acceptors (Lipinski definition) is 6. The van der Waals surface area contributed by atoms with Gasteiger partial charge in [0, 0.05) is 12.3 Å². The lowest BCUT2D eigenvalue weighted by Gasteiger charge is -2.11. The summed E-state index contributed by atoms with van der Waals surface area (Å²) >= 11 is 0. The molecule has 2 rings (SSSR count). The molecular weight excluding hydrogens is 324 g/mol. The Hall–Kier alpha value is -2.49. The van der Waals surface area contributed by atoms with Crippen LogP contribution in [0.25, 0.3) is 11.3 Å². The van der Waals surface area contributed by atoms with Crippen LogP contribution in [0.3, 0.4) is 0 Å². The van der Waals surface area contributed by atoms with Gasteiger partial charge in [-0.2, -0.15) is 0 Å². The number of methoxy groups -OCH3 is 1. The lowest BCUT2D eigenvalue weighted by molar-refractivity contribution is 0.0685. The zero-order chi connectivity index (χ0) is 16.7. The Balaban J connectivity index is 2.75. The van der Waals surface area contributed by atoms with Gasteiger partial charge in [0.1, 0.15) is 10.7 Å². The van der Waals surface area contributed by atoms with Crippen LogP contribution in [0.15, 0.2) is 21.6 Å². The van der Waals surface area contributed by atoms with Crippen LogP contribution in [0, 0.1) is 11.6 Å². The summed E-state index contributed by atoms with van der Waals surface area (Å²) in [4.78, 5) is 9.59. The number of aromatic nitrogens is 1. The van der Waals surface area contributed by atoms with Crippen LogP contribution >= 0.6 is 0 Å². The van der Waals surface area contributed by atoms with Crippen LogP contribution in [0.5, 0.6) is 5.75 Å². The summed E-state index contributed by atoms with van der Waals surface area (Å²) in [5.74, 6) is -5.08. The van der Waals surface area contributed by atoms with E-state index in [0.29, 0.717) is 12.3 Å². The average molecular weight is 333 g/mol. The third-order valence-corrected chi connectivity index (χ3v) is 3.82. The first-order valence-corrected chi connectivity index (χ1v) is 7.52. The number of carboxylic acids is 1. The van der Waals surface area contributed by atoms with Gasteiger partial charge in [0.05, 0.1) is 12.7 Å². The van der Waals surface area contributed by atoms with Crippen molar-refractivity contribution in [1.29, 1.82) is 0 Å². The normalized spacial score (nSPS) is 11.5. The molecule has 118 valence electrons. The van der Waals surface area contributed by atoms with Gasteiger partial charge >= 0.3 is 5.97 Å². The minimum absolute atomic E-state index is 0.285. The molecule has 10 heteroatoms. The third-order valence-electron chi connectivity index (χ3n) is 2.70. The summed E-state index contributed by atoms with van der Waals surface area (Å²) in [5.41, 5.74) is -0.782. The molecular formula is C12H9F2NO6S. The summed E-state index contributed by atoms with van der Waals surface area (Å²) in [6.07, 6.45) is 0.643. The minimum Gasteiger partial charge on any atom is -0.493 e. The van der Waals surface area contributed by atoms with E-state index in [9.17, 15) is 22.0 Å². The van der Waals surface area contributed by atoms with Gasteiger partial charge in [-0.05, 0) is 6.07 Å². The maximum Gasteiger partial charge on any atom is 0.358 e. The maximum atomic E-state index is 14.2. The van der Waals surface area contributed by atoms with Crippen molar-refractivity contribution in [1.82, 2.24) is 5.16 Å². The molecule has 0 bridgehead atoms. The standard InChI is InChI=1S/C12H9F2NO6S/c1-20-10-5(8-4-7(12(16)17)15-21-8)3-6(13)11(9(10)14)22(2,18)19/h3-4H,1-2H3,(H,16,17). The Bertz CT molecular complexity index is 859. The monoisotopic (exact) mass is 333 g/mol. The topological polar surface area (TPSA) is 107 Å². The lowest BCUT2D eigenvalue weighted by Crippen LogP contribution is -2.07. The average Bonchev–Trinajstić information content (AvgIpc) is 2.85. The molecule has 0 saturated carbocycles. The van der Waals surface area contributed by atoms with E-state index in [2.05, 4.69) is 5.16 Å². The van der Waals surface area contributed by atoms with Gasteiger partial charge in [-0.3, -0.25) is 0 Å². The fourth-order valence-corrected chi connectivity index (χ4v) is 2.64. The van der Waals surface area contributed by atoms with E-state index in [1.54, 1.807) is 0 Å². The number of halogens is 2. The smallest absolute Gasteiger partial charge is 0.358 e. The number of carboxylic acid groups (broad SMARTS) is 1. The van der Waals surface area contributed by atoms with Crippen LogP contribution in [0.4, 0.5) is 8.78 Å². The molecule has 0 fully saturated rings. The fourth-order valence-electron chi connectivity index (χ4n) is 1.81. The van der Waals surface area contributed by atoms with Crippen LogP contribution in [-0.2, 0) is 9.84 Å². The molecule has 7 nitrogen and oxygen atoms in total. The molecule has 0 unspecified atom stereocenters. The first-order chi connectivity index (χ1) is 10.2. The first kappa shape index (κ1) is 15.9. The Morgan fingerprint density at radius 1 is 1.36 bits per heavy atom. The summed E-state index contributed by atoms with van der Waals surface area (Å²) in [6, 6.07) is 1.60. The number of ether oxygens (including phenoxy) is 1. The second kappa shape index (κ2) is 5.37. The van der Waals surface area contributed by atoms with Gasteiger partial charge in [-0.15, -0.1) is 0 Å². The van der Waals surface area contributed by atoms with Crippen molar-refractivity contribution < 1.29 is 36.4 Å². The van der Waals surface area contributed by atoms with Gasteiger partial charge < -0.3 is 14.4 Å². The predicted octanol–water partition coefficient (Wildman–Crippen LogP) is 1.73. The highest BCUT2D eigenvalue weighted by Crippen LogP contribution is 2.37. The summed E-state index contributed by atoms with van der Waals surface area (Å²) in [6.45, 7) is 0. The van der Waals surface area contributed by atoms with E-state index in [4.69, 9.17) is 14.4 Å². The molecule has 0 aliphatic carbocycles. The van der Waals surface area contributed by atoms with E-state index in [0.717, 1.165) is 13.2 Å². The lowest BCUT2D eigenvalue weighted by atomic mass is 10.1. The van der Waals surface area contributed by atoms with E-state index >= 15 is 0 Å². The quantitative estimate of drug-likeness (QED) is 0.908. The highest BCUT2D eigenvalue weighted by Gasteiger charge is 2.28. The van der Waals surface area contributed by atoms with Crippen molar-refractivity contribution in [2.24, 2.45) is 0 Å². The number of benzene rings is 1. The van der Waals surface area contributed by atoms with Gasteiger partial charge in [0.25, 0.3) is 0 Å². The van der Waals surface area contributed by atoms with E-state index in [1.807, 2.05) is 0 Å². The highest BCUT2D eigenvalue weighted by atomic mass is 32.2. The largest absolute Gasteiger partial charge is 0.493 e. The maximum absolute atomic E-state index is 14.2. The molecule has 0 aliphatic heterocycles. The van der Waals surface area contributed by atoms with Crippen molar-refractivity contribution in [3.05, 3.63) is 29.5 Å². The second-order valence-corrected chi connectivity index (χ2v) is 6.19. The zero-order valence-electron chi connectivity index (χ0n) is 11.3. The number of hydrogen-bond donors (Lipinski definition) is 1. The van der Waals surface area contributed by atoms with E-state index < -0.39 is 43.8 Å². The first-order valence-electron chi connectivity index (χ1n) is 5.63. The minimum atomic E-state index is -4.17. The molecule has 1 N–H and O–H groups in total. The summed E-state index contributed by atoms with van der Waals surface area (Å²) in [5, 5.41) is 12.0. The number of carbonyl (C=O) groups is 1. The van der Waals surface area contributed by atoms with Crippen molar-refractivity contribution in [3.63, 3.8) is 0 Å². The molecule has 0 radical (unpaired) electrons. The molecule has 1 heterocycles. The number of aromatic carboxylic acids is 1. The van der Waals surface area contributed by atoms with E-state index in [-0.39, 0.29) is 11.3 Å². The molecule has 0 aliphatic rings. The zero-order valence-corrected chi connectivity index (χ0v) is 12.1. The Kier molecular flexibility index (Phi) is 3.88. The Labute approximate surface area is 123 Å². The van der Waals surface area contributed by atoms with Gasteiger partial charge in [-0.1, -0.05) is 5.16 Å². The number of nitrogens with zero attached hydrogens (tertiary/aromatic N) is 1. The summed E-state index contributed by atoms with van der Waals surface area (Å²) < 4.78 is 60.5. The van der Waals surface area contributed by atoms with Crippen LogP contribution in [0.1, 0.15) is 10.5 Å².